The molecule has 0 fully saturated rings. The summed E-state index contributed by atoms with van der Waals surface area (Å²) >= 11 is 12.2. The Morgan fingerprint density at radius 2 is 1.64 bits per heavy atom. The minimum atomic E-state index is -4.22. The number of carbonyl (C=O) groups excluding carboxylic acids is 2. The summed E-state index contributed by atoms with van der Waals surface area (Å²) in [5.41, 5.74) is 0.702. The van der Waals surface area contributed by atoms with Crippen LogP contribution in [0.15, 0.2) is 77.7 Å². The summed E-state index contributed by atoms with van der Waals surface area (Å²) in [5.74, 6) is -1.46. The van der Waals surface area contributed by atoms with Gasteiger partial charge in [0, 0.05) is 13.1 Å². The molecule has 0 aliphatic heterocycles. The van der Waals surface area contributed by atoms with Gasteiger partial charge in [0.15, 0.2) is 0 Å². The molecule has 0 aliphatic carbocycles. The third-order valence-electron chi connectivity index (χ3n) is 6.06. The largest absolute Gasteiger partial charge is 0.354 e. The van der Waals surface area contributed by atoms with E-state index in [1.54, 1.807) is 25.1 Å². The zero-order valence-corrected chi connectivity index (χ0v) is 23.9. The summed E-state index contributed by atoms with van der Waals surface area (Å²) < 4.78 is 41.9. The Balaban J connectivity index is 2.00. The summed E-state index contributed by atoms with van der Waals surface area (Å²) in [4.78, 5) is 28.0. The molecule has 0 heterocycles. The lowest BCUT2D eigenvalue weighted by atomic mass is 10.1. The molecule has 7 nitrogen and oxygen atoms in total. The maximum atomic E-state index is 13.8. The SMILES string of the molecule is CCCCNC(=O)[C@@H](C)N(Cc1ccc(F)cc1)C(=O)CN(c1ccc(Cl)c(Cl)c1)S(=O)(=O)c1ccccc1. The van der Waals surface area contributed by atoms with Crippen molar-refractivity contribution in [2.45, 2.75) is 44.2 Å². The highest BCUT2D eigenvalue weighted by molar-refractivity contribution is 7.92. The Kier molecular flexibility index (Phi) is 10.7. The van der Waals surface area contributed by atoms with Crippen molar-refractivity contribution in [3.63, 3.8) is 0 Å². The molecule has 0 bridgehead atoms. The van der Waals surface area contributed by atoms with Crippen molar-refractivity contribution >= 4 is 50.7 Å². The molecule has 3 rings (SSSR count). The smallest absolute Gasteiger partial charge is 0.264 e. The first kappa shape index (κ1) is 30.4. The van der Waals surface area contributed by atoms with Gasteiger partial charge in [0.05, 0.1) is 20.6 Å². The van der Waals surface area contributed by atoms with Crippen LogP contribution >= 0.6 is 23.2 Å². The number of nitrogens with zero attached hydrogens (tertiary/aromatic N) is 2. The van der Waals surface area contributed by atoms with E-state index in [2.05, 4.69) is 5.32 Å². The summed E-state index contributed by atoms with van der Waals surface area (Å²) in [7, 11) is -4.22. The number of anilines is 1. The van der Waals surface area contributed by atoms with E-state index in [9.17, 15) is 22.4 Å². The average Bonchev–Trinajstić information content (AvgIpc) is 2.93. The van der Waals surface area contributed by atoms with E-state index in [1.165, 1.54) is 59.5 Å². The van der Waals surface area contributed by atoms with Gasteiger partial charge in [-0.2, -0.15) is 0 Å². The fourth-order valence-electron chi connectivity index (χ4n) is 3.79. The van der Waals surface area contributed by atoms with Crippen LogP contribution in [0.5, 0.6) is 0 Å². The number of nitrogens with one attached hydrogen (secondary N) is 1. The fraction of sp³-hybridized carbons (Fsp3) is 0.286. The summed E-state index contributed by atoms with van der Waals surface area (Å²) in [6.45, 7) is 3.34. The molecular weight excluding hydrogens is 564 g/mol. The van der Waals surface area contributed by atoms with Gasteiger partial charge in [-0.15, -0.1) is 0 Å². The van der Waals surface area contributed by atoms with Crippen LogP contribution in [0.25, 0.3) is 0 Å². The van der Waals surface area contributed by atoms with E-state index in [0.717, 1.165) is 17.1 Å². The van der Waals surface area contributed by atoms with E-state index in [1.807, 2.05) is 6.92 Å². The highest BCUT2D eigenvalue weighted by Crippen LogP contribution is 2.31. The van der Waals surface area contributed by atoms with Gasteiger partial charge in [-0.1, -0.05) is 66.9 Å². The minimum Gasteiger partial charge on any atom is -0.354 e. The highest BCUT2D eigenvalue weighted by Gasteiger charge is 2.32. The van der Waals surface area contributed by atoms with Crippen LogP contribution in [0.1, 0.15) is 32.3 Å². The number of benzene rings is 3. The second kappa shape index (κ2) is 13.8. The molecule has 0 spiro atoms. The van der Waals surface area contributed by atoms with Gasteiger partial charge < -0.3 is 10.2 Å². The number of unbranched alkanes of at least 4 members (excludes halogenated alkanes) is 1. The van der Waals surface area contributed by atoms with Gasteiger partial charge in [-0.25, -0.2) is 12.8 Å². The van der Waals surface area contributed by atoms with Gasteiger partial charge in [0.25, 0.3) is 10.0 Å². The Hall–Kier alpha value is -3.14. The van der Waals surface area contributed by atoms with Crippen molar-refractivity contribution in [3.05, 3.63) is 94.2 Å². The van der Waals surface area contributed by atoms with E-state index in [0.29, 0.717) is 12.1 Å². The topological polar surface area (TPSA) is 86.8 Å². The summed E-state index contributed by atoms with van der Waals surface area (Å²) in [6, 6.07) is 16.5. The van der Waals surface area contributed by atoms with Gasteiger partial charge in [-0.3, -0.25) is 13.9 Å². The lowest BCUT2D eigenvalue weighted by Gasteiger charge is -2.32. The van der Waals surface area contributed by atoms with Crippen molar-refractivity contribution in [1.82, 2.24) is 10.2 Å². The quantitative estimate of drug-likeness (QED) is 0.274. The maximum absolute atomic E-state index is 13.8. The number of sulfonamides is 1. The molecule has 0 saturated carbocycles. The monoisotopic (exact) mass is 593 g/mol. The van der Waals surface area contributed by atoms with Crippen molar-refractivity contribution in [2.24, 2.45) is 0 Å². The molecule has 11 heteroatoms. The highest BCUT2D eigenvalue weighted by atomic mass is 35.5. The van der Waals surface area contributed by atoms with Crippen molar-refractivity contribution in [3.8, 4) is 0 Å². The van der Waals surface area contributed by atoms with E-state index < -0.39 is 34.3 Å². The molecule has 39 heavy (non-hydrogen) atoms. The lowest BCUT2D eigenvalue weighted by molar-refractivity contribution is -0.139. The van der Waals surface area contributed by atoms with Crippen LogP contribution in [-0.2, 0) is 26.2 Å². The van der Waals surface area contributed by atoms with Gasteiger partial charge in [-0.05, 0) is 61.4 Å². The molecule has 2 amide bonds. The average molecular weight is 595 g/mol. The molecule has 0 aromatic heterocycles. The Morgan fingerprint density at radius 1 is 0.974 bits per heavy atom. The number of hydrogen-bond donors (Lipinski definition) is 1. The Bertz CT molecular complexity index is 1390. The number of hydrogen-bond acceptors (Lipinski definition) is 4. The lowest BCUT2D eigenvalue weighted by Crippen LogP contribution is -2.51. The van der Waals surface area contributed by atoms with E-state index >= 15 is 0 Å². The molecule has 208 valence electrons. The zero-order valence-electron chi connectivity index (χ0n) is 21.6. The van der Waals surface area contributed by atoms with Crippen LogP contribution in [0, 0.1) is 5.82 Å². The number of rotatable bonds is 12. The fourth-order valence-corrected chi connectivity index (χ4v) is 5.51. The van der Waals surface area contributed by atoms with Gasteiger partial charge in [0.2, 0.25) is 11.8 Å². The molecule has 3 aromatic rings. The number of amides is 2. The predicted molar refractivity (Wildman–Crippen MR) is 152 cm³/mol. The summed E-state index contributed by atoms with van der Waals surface area (Å²) in [5, 5.41) is 3.15. The van der Waals surface area contributed by atoms with Crippen LogP contribution in [0.4, 0.5) is 10.1 Å². The molecule has 1 atom stereocenters. The second-order valence-electron chi connectivity index (χ2n) is 8.89. The van der Waals surface area contributed by atoms with Crippen LogP contribution in [0.3, 0.4) is 0 Å². The Labute approximate surface area is 238 Å². The number of halogens is 3. The third-order valence-corrected chi connectivity index (χ3v) is 8.59. The molecular formula is C28H30Cl2FN3O4S. The normalized spacial score (nSPS) is 12.0. The second-order valence-corrected chi connectivity index (χ2v) is 11.6. The van der Waals surface area contributed by atoms with Gasteiger partial charge in [0.1, 0.15) is 18.4 Å². The van der Waals surface area contributed by atoms with Crippen LogP contribution in [0.2, 0.25) is 10.0 Å². The third kappa shape index (κ3) is 7.94. The Morgan fingerprint density at radius 3 is 2.26 bits per heavy atom. The molecule has 0 aliphatic rings. The minimum absolute atomic E-state index is 0.0284. The standard InChI is InChI=1S/C28H30Cl2FN3O4S/c1-3-4-16-32-28(36)20(2)33(18-21-10-12-22(31)13-11-21)27(35)19-34(23-14-15-25(29)26(30)17-23)39(37,38)24-8-6-5-7-9-24/h5-15,17,20H,3-4,16,18-19H2,1-2H3,(H,32,36)/t20-/m1/s1. The zero-order chi connectivity index (χ0) is 28.6. The van der Waals surface area contributed by atoms with Crippen molar-refractivity contribution < 1.29 is 22.4 Å². The van der Waals surface area contributed by atoms with Crippen LogP contribution < -0.4 is 9.62 Å². The van der Waals surface area contributed by atoms with E-state index in [4.69, 9.17) is 23.2 Å². The maximum Gasteiger partial charge on any atom is 0.264 e. The molecule has 0 radical (unpaired) electrons. The number of carbonyl (C=O) groups is 2. The first-order valence-corrected chi connectivity index (χ1v) is 14.6. The molecule has 0 saturated heterocycles. The molecule has 0 unspecified atom stereocenters. The summed E-state index contributed by atoms with van der Waals surface area (Å²) in [6.07, 6.45) is 1.65. The van der Waals surface area contributed by atoms with Crippen molar-refractivity contribution in [1.29, 1.82) is 0 Å². The molecule has 1 N–H and O–H groups in total. The molecule has 3 aromatic carbocycles. The van der Waals surface area contributed by atoms with Crippen molar-refractivity contribution in [2.75, 3.05) is 17.4 Å². The first-order valence-electron chi connectivity index (χ1n) is 12.4. The predicted octanol–water partition coefficient (Wildman–Crippen LogP) is 5.66. The van der Waals surface area contributed by atoms with Crippen LogP contribution in [-0.4, -0.2) is 44.3 Å². The van der Waals surface area contributed by atoms with Gasteiger partial charge >= 0.3 is 0 Å². The first-order chi connectivity index (χ1) is 18.5. The van der Waals surface area contributed by atoms with E-state index in [-0.39, 0.29) is 33.1 Å².